The Balaban J connectivity index is 1.62. The van der Waals surface area contributed by atoms with Gasteiger partial charge in [-0.05, 0) is 36.0 Å². The lowest BCUT2D eigenvalue weighted by molar-refractivity contribution is -0.131. The molecule has 5 nitrogen and oxygen atoms in total. The molecule has 2 amide bonds. The Morgan fingerprint density at radius 2 is 1.57 bits per heavy atom. The zero-order valence-corrected chi connectivity index (χ0v) is 16.7. The Hall–Kier alpha value is -2.66. The van der Waals surface area contributed by atoms with Crippen LogP contribution in [0.5, 0.6) is 0 Å². The van der Waals surface area contributed by atoms with E-state index in [1.165, 1.54) is 11.1 Å². The quantitative estimate of drug-likeness (QED) is 0.723. The van der Waals surface area contributed by atoms with Crippen LogP contribution in [-0.2, 0) is 22.6 Å². The van der Waals surface area contributed by atoms with Crippen molar-refractivity contribution >= 4 is 11.8 Å². The highest BCUT2D eigenvalue weighted by atomic mass is 16.2. The van der Waals surface area contributed by atoms with Crippen molar-refractivity contribution in [2.24, 2.45) is 5.92 Å². The highest BCUT2D eigenvalue weighted by molar-refractivity contribution is 5.90. The lowest BCUT2D eigenvalue weighted by atomic mass is 9.94. The molecular weight excluding hydrogens is 350 g/mol. The van der Waals surface area contributed by atoms with E-state index in [-0.39, 0.29) is 29.8 Å². The van der Waals surface area contributed by atoms with Gasteiger partial charge in [0.2, 0.25) is 11.8 Å². The van der Waals surface area contributed by atoms with Gasteiger partial charge in [0.15, 0.2) is 0 Å². The number of carbonyl (C=O) groups excluding carboxylic acids is 2. The summed E-state index contributed by atoms with van der Waals surface area (Å²) >= 11 is 0. The molecule has 0 saturated heterocycles. The second kappa shape index (κ2) is 9.02. The van der Waals surface area contributed by atoms with Crippen molar-refractivity contribution in [3.8, 4) is 0 Å². The Kier molecular flexibility index (Phi) is 6.47. The zero-order chi connectivity index (χ0) is 20.1. The first kappa shape index (κ1) is 20.1. The monoisotopic (exact) mass is 379 g/mol. The molecule has 1 aliphatic rings. The molecule has 1 aliphatic heterocycles. The van der Waals surface area contributed by atoms with E-state index in [0.29, 0.717) is 13.0 Å². The van der Waals surface area contributed by atoms with E-state index >= 15 is 0 Å². The number of carbonyl (C=O) groups is 2. The molecule has 0 radical (unpaired) electrons. The van der Waals surface area contributed by atoms with E-state index in [1.54, 1.807) is 0 Å². The summed E-state index contributed by atoms with van der Waals surface area (Å²) in [5.74, 6) is -0.297. The van der Waals surface area contributed by atoms with Crippen molar-refractivity contribution in [3.63, 3.8) is 0 Å². The van der Waals surface area contributed by atoms with Gasteiger partial charge in [0.05, 0.1) is 12.1 Å². The van der Waals surface area contributed by atoms with Gasteiger partial charge in [-0.3, -0.25) is 9.59 Å². The molecule has 148 valence electrons. The third-order valence-electron chi connectivity index (χ3n) is 5.30. The largest absolute Gasteiger partial charge is 0.348 e. The third kappa shape index (κ3) is 4.78. The molecule has 0 saturated carbocycles. The van der Waals surface area contributed by atoms with Crippen LogP contribution < -0.4 is 16.0 Å². The summed E-state index contributed by atoms with van der Waals surface area (Å²) in [7, 11) is 0. The average molecular weight is 380 g/mol. The summed E-state index contributed by atoms with van der Waals surface area (Å²) in [5.41, 5.74) is 3.45. The van der Waals surface area contributed by atoms with Crippen molar-refractivity contribution in [1.82, 2.24) is 16.0 Å². The molecule has 0 unspecified atom stereocenters. The Bertz CT molecular complexity index is 820. The van der Waals surface area contributed by atoms with Crippen LogP contribution in [0.4, 0.5) is 0 Å². The first-order valence-corrected chi connectivity index (χ1v) is 9.91. The van der Waals surface area contributed by atoms with E-state index in [4.69, 9.17) is 0 Å². The van der Waals surface area contributed by atoms with E-state index in [1.807, 2.05) is 63.2 Å². The Morgan fingerprint density at radius 3 is 2.25 bits per heavy atom. The van der Waals surface area contributed by atoms with Crippen LogP contribution >= 0.6 is 0 Å². The first-order valence-electron chi connectivity index (χ1n) is 9.91. The van der Waals surface area contributed by atoms with Gasteiger partial charge in [0.1, 0.15) is 6.04 Å². The molecule has 1 heterocycles. The fourth-order valence-corrected chi connectivity index (χ4v) is 3.56. The highest BCUT2D eigenvalue weighted by Crippen LogP contribution is 2.17. The first-order chi connectivity index (χ1) is 13.5. The SMILES string of the molecule is CC(C)[C@H](NC(=O)[C@@H]1Cc2ccccc2CN1)C(=O)N[C@@H](C)c1ccccc1. The predicted octanol–water partition coefficient (Wildman–Crippen LogP) is 2.72. The average Bonchev–Trinajstić information content (AvgIpc) is 2.71. The molecule has 28 heavy (non-hydrogen) atoms. The second-order valence-corrected chi connectivity index (χ2v) is 7.78. The van der Waals surface area contributed by atoms with Crippen LogP contribution in [-0.4, -0.2) is 23.9 Å². The molecule has 5 heteroatoms. The van der Waals surface area contributed by atoms with Crippen molar-refractivity contribution in [1.29, 1.82) is 0 Å². The number of amides is 2. The summed E-state index contributed by atoms with van der Waals surface area (Å²) in [6.45, 7) is 6.51. The standard InChI is InChI=1S/C23H29N3O2/c1-15(2)21(23(28)25-16(3)17-9-5-4-6-10-17)26-22(27)20-13-18-11-7-8-12-19(18)14-24-20/h4-12,15-16,20-21,24H,13-14H2,1-3H3,(H,25,28)(H,26,27)/t16-,20-,21-/m0/s1. The van der Waals surface area contributed by atoms with Crippen molar-refractivity contribution in [2.75, 3.05) is 0 Å². The van der Waals surface area contributed by atoms with Gasteiger partial charge in [-0.2, -0.15) is 0 Å². The number of fused-ring (bicyclic) bond motifs is 1. The fraction of sp³-hybridized carbons (Fsp3) is 0.391. The maximum absolute atomic E-state index is 12.8. The van der Waals surface area contributed by atoms with Crippen LogP contribution in [0.2, 0.25) is 0 Å². The van der Waals surface area contributed by atoms with Crippen LogP contribution in [0.25, 0.3) is 0 Å². The summed E-state index contributed by atoms with van der Waals surface area (Å²) in [4.78, 5) is 25.7. The zero-order valence-electron chi connectivity index (χ0n) is 16.7. The fourth-order valence-electron chi connectivity index (χ4n) is 3.56. The molecule has 0 fully saturated rings. The van der Waals surface area contributed by atoms with E-state index in [2.05, 4.69) is 28.1 Å². The van der Waals surface area contributed by atoms with Gasteiger partial charge in [-0.1, -0.05) is 68.4 Å². The molecule has 3 N–H and O–H groups in total. The summed E-state index contributed by atoms with van der Waals surface area (Å²) < 4.78 is 0. The Labute approximate surface area is 166 Å². The van der Waals surface area contributed by atoms with Gasteiger partial charge >= 0.3 is 0 Å². The molecule has 3 rings (SSSR count). The lowest BCUT2D eigenvalue weighted by Crippen LogP contribution is -2.56. The van der Waals surface area contributed by atoms with Gasteiger partial charge in [-0.25, -0.2) is 0 Å². The van der Waals surface area contributed by atoms with Crippen LogP contribution in [0.15, 0.2) is 54.6 Å². The minimum absolute atomic E-state index is 0.0113. The number of rotatable bonds is 6. The molecule has 0 aromatic heterocycles. The van der Waals surface area contributed by atoms with Crippen molar-refractivity contribution in [3.05, 3.63) is 71.3 Å². The molecule has 2 aromatic carbocycles. The van der Waals surface area contributed by atoms with Crippen LogP contribution in [0.3, 0.4) is 0 Å². The molecule has 2 aromatic rings. The van der Waals surface area contributed by atoms with Gasteiger partial charge < -0.3 is 16.0 Å². The number of nitrogens with one attached hydrogen (secondary N) is 3. The number of hydrogen-bond donors (Lipinski definition) is 3. The van der Waals surface area contributed by atoms with E-state index in [9.17, 15) is 9.59 Å². The molecule has 3 atom stereocenters. The summed E-state index contributed by atoms with van der Waals surface area (Å²) in [6.07, 6.45) is 0.634. The summed E-state index contributed by atoms with van der Waals surface area (Å²) in [5, 5.41) is 9.27. The second-order valence-electron chi connectivity index (χ2n) is 7.78. The lowest BCUT2D eigenvalue weighted by Gasteiger charge is -2.29. The van der Waals surface area contributed by atoms with E-state index in [0.717, 1.165) is 5.56 Å². The number of benzene rings is 2. The molecule has 0 aliphatic carbocycles. The predicted molar refractivity (Wildman–Crippen MR) is 111 cm³/mol. The van der Waals surface area contributed by atoms with Crippen LogP contribution in [0.1, 0.15) is 43.5 Å². The molecule has 0 bridgehead atoms. The minimum atomic E-state index is -0.572. The molecular formula is C23H29N3O2. The normalized spacial score (nSPS) is 18.1. The van der Waals surface area contributed by atoms with E-state index < -0.39 is 6.04 Å². The maximum Gasteiger partial charge on any atom is 0.243 e. The topological polar surface area (TPSA) is 70.2 Å². The highest BCUT2D eigenvalue weighted by Gasteiger charge is 2.30. The van der Waals surface area contributed by atoms with Gasteiger partial charge in [0.25, 0.3) is 0 Å². The maximum atomic E-state index is 12.8. The van der Waals surface area contributed by atoms with Crippen molar-refractivity contribution < 1.29 is 9.59 Å². The van der Waals surface area contributed by atoms with Crippen LogP contribution in [0, 0.1) is 5.92 Å². The minimum Gasteiger partial charge on any atom is -0.348 e. The van der Waals surface area contributed by atoms with Crippen molar-refractivity contribution in [2.45, 2.75) is 51.9 Å². The third-order valence-corrected chi connectivity index (χ3v) is 5.30. The van der Waals surface area contributed by atoms with Gasteiger partial charge in [-0.15, -0.1) is 0 Å². The Morgan fingerprint density at radius 1 is 0.929 bits per heavy atom. The summed E-state index contributed by atoms with van der Waals surface area (Å²) in [6, 6.07) is 16.9. The van der Waals surface area contributed by atoms with Gasteiger partial charge in [0, 0.05) is 6.54 Å². The number of hydrogen-bond acceptors (Lipinski definition) is 3. The molecule has 0 spiro atoms. The smallest absolute Gasteiger partial charge is 0.243 e.